The third-order valence-corrected chi connectivity index (χ3v) is 2.80. The number of carbonyl (C=O) groups is 4. The molecule has 0 radical (unpaired) electrons. The summed E-state index contributed by atoms with van der Waals surface area (Å²) in [5, 5.41) is 0. The van der Waals surface area contributed by atoms with Crippen LogP contribution >= 0.6 is 0 Å². The van der Waals surface area contributed by atoms with E-state index in [9.17, 15) is 19.2 Å². The fourth-order valence-electron chi connectivity index (χ4n) is 1.91. The Morgan fingerprint density at radius 3 is 2.53 bits per heavy atom. The smallest absolute Gasteiger partial charge is 0.282 e. The number of fused-ring (bicyclic) bond motifs is 1. The van der Waals surface area contributed by atoms with Crippen LogP contribution in [0.1, 0.15) is 33.8 Å². The number of hydrogen-bond donors (Lipinski definition) is 3. The first-order valence-corrected chi connectivity index (χ1v) is 5.42. The highest BCUT2D eigenvalue weighted by atomic mass is 16.2. The summed E-state index contributed by atoms with van der Waals surface area (Å²) < 4.78 is 0. The Bertz CT molecular complexity index is 548. The van der Waals surface area contributed by atoms with Crippen LogP contribution in [0.25, 0.3) is 0 Å². The number of aromatic amines is 1. The average Bonchev–Trinajstić information content (AvgIpc) is 2.87. The molecule has 0 spiro atoms. The summed E-state index contributed by atoms with van der Waals surface area (Å²) in [5.74, 6) is -2.93. The van der Waals surface area contributed by atoms with Gasteiger partial charge in [0.05, 0.1) is 6.33 Å². The third-order valence-electron chi connectivity index (χ3n) is 2.80. The maximum absolute atomic E-state index is 12.0. The van der Waals surface area contributed by atoms with E-state index >= 15 is 0 Å². The molecule has 0 saturated heterocycles. The molecule has 1 aliphatic rings. The summed E-state index contributed by atoms with van der Waals surface area (Å²) in [6.45, 7) is 0. The molecule has 0 bridgehead atoms. The number of primary amides is 2. The van der Waals surface area contributed by atoms with Crippen LogP contribution in [0.3, 0.4) is 0 Å². The monoisotopic (exact) mass is 265 g/mol. The zero-order chi connectivity index (χ0) is 14.2. The lowest BCUT2D eigenvalue weighted by molar-refractivity contribution is -0.122. The molecule has 100 valence electrons. The van der Waals surface area contributed by atoms with E-state index in [0.29, 0.717) is 4.90 Å². The number of nitrogens with one attached hydrogen (secondary N) is 1. The molecule has 0 saturated carbocycles. The van der Waals surface area contributed by atoms with Crippen molar-refractivity contribution in [3.05, 3.63) is 17.7 Å². The van der Waals surface area contributed by atoms with Gasteiger partial charge in [0, 0.05) is 6.42 Å². The van der Waals surface area contributed by atoms with Crippen LogP contribution in [0.4, 0.5) is 0 Å². The summed E-state index contributed by atoms with van der Waals surface area (Å²) in [5.41, 5.74) is 10.1. The molecule has 5 N–H and O–H groups in total. The highest BCUT2D eigenvalue weighted by Crippen LogP contribution is 2.23. The lowest BCUT2D eigenvalue weighted by Gasteiger charge is -2.22. The normalized spacial score (nSPS) is 15.5. The van der Waals surface area contributed by atoms with E-state index in [1.54, 1.807) is 0 Å². The number of nitrogens with two attached hydrogens (primary N) is 2. The second kappa shape index (κ2) is 4.52. The second-order valence-corrected chi connectivity index (χ2v) is 4.03. The number of hydrogen-bond acceptors (Lipinski definition) is 5. The highest BCUT2D eigenvalue weighted by Gasteiger charge is 2.44. The molecule has 1 aromatic rings. The Hall–Kier alpha value is -2.71. The number of amides is 4. The van der Waals surface area contributed by atoms with Gasteiger partial charge in [0.1, 0.15) is 11.7 Å². The number of imide groups is 1. The molecular weight excluding hydrogens is 254 g/mol. The second-order valence-electron chi connectivity index (χ2n) is 4.03. The minimum absolute atomic E-state index is 0.00956. The van der Waals surface area contributed by atoms with Crippen LogP contribution in [-0.4, -0.2) is 44.5 Å². The van der Waals surface area contributed by atoms with Crippen molar-refractivity contribution in [3.8, 4) is 0 Å². The molecule has 0 aromatic carbocycles. The molecule has 0 aliphatic carbocycles. The zero-order valence-corrected chi connectivity index (χ0v) is 9.75. The van der Waals surface area contributed by atoms with Gasteiger partial charge in [0.2, 0.25) is 11.8 Å². The highest BCUT2D eigenvalue weighted by molar-refractivity contribution is 6.21. The fourth-order valence-corrected chi connectivity index (χ4v) is 1.91. The lowest BCUT2D eigenvalue weighted by atomic mass is 10.1. The quantitative estimate of drug-likeness (QED) is 0.532. The first-order valence-electron chi connectivity index (χ1n) is 5.42. The number of H-pyrrole nitrogens is 1. The van der Waals surface area contributed by atoms with E-state index in [-0.39, 0.29) is 24.2 Å². The van der Waals surface area contributed by atoms with E-state index < -0.39 is 29.7 Å². The summed E-state index contributed by atoms with van der Waals surface area (Å²) >= 11 is 0. The van der Waals surface area contributed by atoms with Crippen molar-refractivity contribution in [1.82, 2.24) is 14.9 Å². The molecule has 1 aliphatic heterocycles. The van der Waals surface area contributed by atoms with Gasteiger partial charge >= 0.3 is 0 Å². The van der Waals surface area contributed by atoms with Crippen molar-refractivity contribution in [2.75, 3.05) is 0 Å². The molecular formula is C10H11N5O4. The molecule has 0 fully saturated rings. The van der Waals surface area contributed by atoms with E-state index in [1.807, 2.05) is 0 Å². The van der Waals surface area contributed by atoms with Crippen molar-refractivity contribution >= 4 is 23.6 Å². The van der Waals surface area contributed by atoms with E-state index in [4.69, 9.17) is 11.5 Å². The first-order chi connectivity index (χ1) is 8.93. The van der Waals surface area contributed by atoms with Gasteiger partial charge in [-0.25, -0.2) is 4.98 Å². The standard InChI is InChI=1S/C10H11N5O4/c11-5(16)2-1-4(8(12)17)15-9(18)6-7(10(15)19)14-3-13-6/h3-4H,1-2H2,(H2,11,16)(H2,12,17)(H,13,14). The summed E-state index contributed by atoms with van der Waals surface area (Å²) in [6.07, 6.45) is 0.943. The van der Waals surface area contributed by atoms with E-state index in [0.717, 1.165) is 0 Å². The molecule has 2 rings (SSSR count). The number of aromatic nitrogens is 2. The molecule has 9 nitrogen and oxygen atoms in total. The predicted octanol–water partition coefficient (Wildman–Crippen LogP) is -1.87. The van der Waals surface area contributed by atoms with Crippen LogP contribution in [-0.2, 0) is 9.59 Å². The van der Waals surface area contributed by atoms with Gasteiger partial charge in [-0.1, -0.05) is 0 Å². The molecule has 1 atom stereocenters. The van der Waals surface area contributed by atoms with Gasteiger partial charge in [-0.05, 0) is 6.42 Å². The Morgan fingerprint density at radius 2 is 2.00 bits per heavy atom. The van der Waals surface area contributed by atoms with Crippen LogP contribution in [0, 0.1) is 0 Å². The number of nitrogens with zero attached hydrogens (tertiary/aromatic N) is 2. The lowest BCUT2D eigenvalue weighted by Crippen LogP contribution is -2.48. The Kier molecular flexibility index (Phi) is 3.03. The average molecular weight is 265 g/mol. The minimum atomic E-state index is -1.21. The first kappa shape index (κ1) is 12.7. The summed E-state index contributed by atoms with van der Waals surface area (Å²) in [6, 6.07) is -1.21. The molecule has 1 aromatic heterocycles. The molecule has 2 heterocycles. The van der Waals surface area contributed by atoms with Gasteiger partial charge in [0.15, 0.2) is 5.69 Å². The Labute approximate surface area is 106 Å². The van der Waals surface area contributed by atoms with Crippen molar-refractivity contribution in [1.29, 1.82) is 0 Å². The van der Waals surface area contributed by atoms with E-state index in [1.165, 1.54) is 6.33 Å². The topological polar surface area (TPSA) is 152 Å². The number of rotatable bonds is 5. The largest absolute Gasteiger partial charge is 0.370 e. The fraction of sp³-hybridized carbons (Fsp3) is 0.300. The molecule has 4 amide bonds. The van der Waals surface area contributed by atoms with E-state index in [2.05, 4.69) is 9.97 Å². The molecule has 1 unspecified atom stereocenters. The SMILES string of the molecule is NC(=O)CCC(C(N)=O)N1C(=O)c2nc[nH]c2C1=O. The van der Waals surface area contributed by atoms with Gasteiger partial charge in [0.25, 0.3) is 11.8 Å². The predicted molar refractivity (Wildman–Crippen MR) is 60.5 cm³/mol. The summed E-state index contributed by atoms with van der Waals surface area (Å²) in [7, 11) is 0. The third kappa shape index (κ3) is 2.05. The zero-order valence-electron chi connectivity index (χ0n) is 9.75. The van der Waals surface area contributed by atoms with Gasteiger partial charge < -0.3 is 16.5 Å². The van der Waals surface area contributed by atoms with Crippen molar-refractivity contribution in [3.63, 3.8) is 0 Å². The maximum atomic E-state index is 12.0. The van der Waals surface area contributed by atoms with Crippen molar-refractivity contribution in [2.45, 2.75) is 18.9 Å². The summed E-state index contributed by atoms with van der Waals surface area (Å²) in [4.78, 5) is 52.9. The Morgan fingerprint density at radius 1 is 1.32 bits per heavy atom. The van der Waals surface area contributed by atoms with Crippen molar-refractivity contribution in [2.24, 2.45) is 11.5 Å². The number of imidazole rings is 1. The van der Waals surface area contributed by atoms with Crippen LogP contribution in [0.2, 0.25) is 0 Å². The molecule has 9 heteroatoms. The Balaban J connectivity index is 2.27. The molecule has 19 heavy (non-hydrogen) atoms. The van der Waals surface area contributed by atoms with Crippen LogP contribution in [0.5, 0.6) is 0 Å². The van der Waals surface area contributed by atoms with Gasteiger partial charge in [-0.3, -0.25) is 24.1 Å². The van der Waals surface area contributed by atoms with Gasteiger partial charge in [-0.2, -0.15) is 0 Å². The number of carbonyl (C=O) groups excluding carboxylic acids is 4. The maximum Gasteiger partial charge on any atom is 0.282 e. The van der Waals surface area contributed by atoms with Crippen LogP contribution in [0.15, 0.2) is 6.33 Å². The van der Waals surface area contributed by atoms with Crippen molar-refractivity contribution < 1.29 is 19.2 Å². The van der Waals surface area contributed by atoms with Gasteiger partial charge in [-0.15, -0.1) is 0 Å². The minimum Gasteiger partial charge on any atom is -0.370 e. The van der Waals surface area contributed by atoms with Crippen LogP contribution < -0.4 is 11.5 Å².